The molecule has 31 heavy (non-hydrogen) atoms. The Bertz CT molecular complexity index is 1340. The maximum Gasteiger partial charge on any atom is 0.311 e. The van der Waals surface area contributed by atoms with E-state index in [0.29, 0.717) is 23.2 Å². The number of hydrogen-bond donors (Lipinski definition) is 0. The fraction of sp³-hybridized carbons (Fsp3) is 0. The van der Waals surface area contributed by atoms with Gasteiger partial charge in [-0.1, -0.05) is 66.7 Å². The lowest BCUT2D eigenvalue weighted by atomic mass is 10.1. The van der Waals surface area contributed by atoms with E-state index < -0.39 is 0 Å². The summed E-state index contributed by atoms with van der Waals surface area (Å²) >= 11 is 0. The fourth-order valence-corrected chi connectivity index (χ4v) is 3.65. The summed E-state index contributed by atoms with van der Waals surface area (Å²) in [6.45, 7) is 0. The summed E-state index contributed by atoms with van der Waals surface area (Å²) in [5, 5.41) is 0. The lowest BCUT2D eigenvalue weighted by Crippen LogP contribution is -2.10. The van der Waals surface area contributed by atoms with Gasteiger partial charge in [0, 0.05) is 0 Å². The maximum atomic E-state index is 6.06. The van der Waals surface area contributed by atoms with Crippen LogP contribution >= 0.6 is 0 Å². The van der Waals surface area contributed by atoms with Crippen molar-refractivity contribution >= 4 is 39.9 Å². The van der Waals surface area contributed by atoms with Crippen molar-refractivity contribution < 1.29 is 8.83 Å². The van der Waals surface area contributed by atoms with Crippen LogP contribution in [0.25, 0.3) is 33.3 Å². The number of fused-ring (bicyclic) bond motifs is 2. The summed E-state index contributed by atoms with van der Waals surface area (Å²) < 4.78 is 12.1. The summed E-state index contributed by atoms with van der Waals surface area (Å²) in [4.78, 5) is 11.2. The zero-order chi connectivity index (χ0) is 20.6. The van der Waals surface area contributed by atoms with Crippen LogP contribution in [0.3, 0.4) is 0 Å². The van der Waals surface area contributed by atoms with Gasteiger partial charge >= 0.3 is 12.0 Å². The van der Waals surface area contributed by atoms with Crippen molar-refractivity contribution in [1.29, 1.82) is 0 Å². The van der Waals surface area contributed by atoms with Gasteiger partial charge in [-0.05, 0) is 47.5 Å². The number of hydrogen-bond acceptors (Lipinski definition) is 5. The minimum absolute atomic E-state index is 0.403. The number of benzene rings is 4. The van der Waals surface area contributed by atoms with Crippen LogP contribution in [0.1, 0.15) is 0 Å². The van der Waals surface area contributed by atoms with Crippen molar-refractivity contribution in [1.82, 2.24) is 9.97 Å². The molecule has 0 saturated carbocycles. The predicted molar refractivity (Wildman–Crippen MR) is 122 cm³/mol. The first-order valence-corrected chi connectivity index (χ1v) is 10.0. The van der Waals surface area contributed by atoms with E-state index in [2.05, 4.69) is 34.2 Å². The third-order valence-electron chi connectivity index (χ3n) is 5.18. The summed E-state index contributed by atoms with van der Waals surface area (Å²) in [5.41, 5.74) is 6.10. The van der Waals surface area contributed by atoms with Crippen LogP contribution in [0.4, 0.5) is 17.7 Å². The number of para-hydroxylation sites is 4. The summed E-state index contributed by atoms with van der Waals surface area (Å²) in [6.07, 6.45) is 0. The molecule has 2 aromatic heterocycles. The molecule has 0 aliphatic rings. The molecule has 0 amide bonds. The van der Waals surface area contributed by atoms with Crippen molar-refractivity contribution in [2.75, 3.05) is 4.90 Å². The molecule has 0 fully saturated rings. The van der Waals surface area contributed by atoms with E-state index in [-0.39, 0.29) is 0 Å². The molecule has 5 heteroatoms. The SMILES string of the molecule is c1ccc(-c2ccc(N(c3nc4ccccc4o3)c3nc4ccccc4o3)cc2)cc1. The molecular formula is C26H17N3O2. The van der Waals surface area contributed by atoms with Crippen molar-refractivity contribution in [3.8, 4) is 11.1 Å². The van der Waals surface area contributed by atoms with Gasteiger partial charge < -0.3 is 8.83 Å². The number of rotatable bonds is 4. The van der Waals surface area contributed by atoms with E-state index in [1.54, 1.807) is 4.90 Å². The highest BCUT2D eigenvalue weighted by Gasteiger charge is 2.23. The largest absolute Gasteiger partial charge is 0.423 e. The summed E-state index contributed by atoms with van der Waals surface area (Å²) in [6, 6.07) is 34.6. The zero-order valence-corrected chi connectivity index (χ0v) is 16.5. The molecule has 4 aromatic carbocycles. The first-order valence-electron chi connectivity index (χ1n) is 10.0. The van der Waals surface area contributed by atoms with Crippen LogP contribution in [-0.4, -0.2) is 9.97 Å². The molecule has 0 saturated heterocycles. The fourth-order valence-electron chi connectivity index (χ4n) is 3.65. The maximum absolute atomic E-state index is 6.06. The summed E-state index contributed by atoms with van der Waals surface area (Å²) in [7, 11) is 0. The van der Waals surface area contributed by atoms with E-state index in [1.165, 1.54) is 0 Å². The van der Waals surface area contributed by atoms with Crippen LogP contribution < -0.4 is 4.90 Å². The molecule has 0 aliphatic heterocycles. The molecule has 0 unspecified atom stereocenters. The van der Waals surface area contributed by atoms with Crippen LogP contribution in [0.2, 0.25) is 0 Å². The predicted octanol–water partition coefficient (Wildman–Crippen LogP) is 7.11. The van der Waals surface area contributed by atoms with Gasteiger partial charge in [-0.2, -0.15) is 9.97 Å². The molecule has 5 nitrogen and oxygen atoms in total. The van der Waals surface area contributed by atoms with E-state index in [0.717, 1.165) is 27.8 Å². The Hall–Kier alpha value is -4.38. The molecule has 0 radical (unpaired) electrons. The Morgan fingerprint density at radius 3 is 1.52 bits per heavy atom. The quantitative estimate of drug-likeness (QED) is 0.314. The van der Waals surface area contributed by atoms with Crippen molar-refractivity contribution in [3.05, 3.63) is 103 Å². The molecule has 6 aromatic rings. The van der Waals surface area contributed by atoms with Crippen molar-refractivity contribution in [2.24, 2.45) is 0 Å². The topological polar surface area (TPSA) is 55.3 Å². The van der Waals surface area contributed by atoms with Gasteiger partial charge in [0.05, 0.1) is 5.69 Å². The van der Waals surface area contributed by atoms with Gasteiger partial charge in [-0.3, -0.25) is 0 Å². The minimum atomic E-state index is 0.403. The normalized spacial score (nSPS) is 11.2. The Labute approximate surface area is 178 Å². The molecule has 0 atom stereocenters. The Balaban J connectivity index is 1.49. The number of nitrogens with zero attached hydrogens (tertiary/aromatic N) is 3. The average molecular weight is 403 g/mol. The third kappa shape index (κ3) is 3.13. The smallest absolute Gasteiger partial charge is 0.311 e. The van der Waals surface area contributed by atoms with Crippen LogP contribution in [-0.2, 0) is 0 Å². The standard InChI is InChI=1S/C26H17N3O2/c1-2-8-18(9-3-1)19-14-16-20(17-15-19)29(25-27-21-10-4-6-12-23(21)30-25)26-28-22-11-5-7-13-24(22)31-26/h1-17H. The molecule has 2 heterocycles. The molecule has 0 N–H and O–H groups in total. The zero-order valence-electron chi connectivity index (χ0n) is 16.5. The van der Waals surface area contributed by atoms with Gasteiger partial charge in [-0.25, -0.2) is 4.90 Å². The lowest BCUT2D eigenvalue weighted by molar-refractivity contribution is 0.566. The van der Waals surface area contributed by atoms with E-state index in [9.17, 15) is 0 Å². The van der Waals surface area contributed by atoms with Crippen LogP contribution in [0, 0.1) is 0 Å². The highest BCUT2D eigenvalue weighted by molar-refractivity contribution is 5.81. The number of aromatic nitrogens is 2. The second-order valence-electron chi connectivity index (χ2n) is 7.18. The third-order valence-corrected chi connectivity index (χ3v) is 5.18. The molecule has 0 spiro atoms. The van der Waals surface area contributed by atoms with Gasteiger partial charge in [0.1, 0.15) is 11.0 Å². The Kier molecular flexibility index (Phi) is 4.03. The van der Waals surface area contributed by atoms with Gasteiger partial charge in [-0.15, -0.1) is 0 Å². The minimum Gasteiger partial charge on any atom is -0.423 e. The number of anilines is 3. The van der Waals surface area contributed by atoms with Crippen LogP contribution in [0.15, 0.2) is 112 Å². The lowest BCUT2D eigenvalue weighted by Gasteiger charge is -2.16. The highest BCUT2D eigenvalue weighted by Crippen LogP contribution is 2.37. The molecule has 6 rings (SSSR count). The van der Waals surface area contributed by atoms with Gasteiger partial charge in [0.25, 0.3) is 0 Å². The second kappa shape index (κ2) is 7.15. The molecule has 0 bridgehead atoms. The van der Waals surface area contributed by atoms with Crippen molar-refractivity contribution in [2.45, 2.75) is 0 Å². The van der Waals surface area contributed by atoms with E-state index in [4.69, 9.17) is 8.83 Å². The first kappa shape index (κ1) is 17.5. The average Bonchev–Trinajstić information content (AvgIpc) is 3.44. The highest BCUT2D eigenvalue weighted by atomic mass is 16.4. The summed E-state index contributed by atoms with van der Waals surface area (Å²) in [5.74, 6) is 0. The Morgan fingerprint density at radius 2 is 0.968 bits per heavy atom. The second-order valence-corrected chi connectivity index (χ2v) is 7.18. The molecule has 0 aliphatic carbocycles. The van der Waals surface area contributed by atoms with Crippen LogP contribution in [0.5, 0.6) is 0 Å². The Morgan fingerprint density at radius 1 is 0.484 bits per heavy atom. The van der Waals surface area contributed by atoms with E-state index in [1.807, 2.05) is 78.9 Å². The monoisotopic (exact) mass is 403 g/mol. The molecule has 148 valence electrons. The van der Waals surface area contributed by atoms with E-state index >= 15 is 0 Å². The van der Waals surface area contributed by atoms with Gasteiger partial charge in [0.15, 0.2) is 11.2 Å². The van der Waals surface area contributed by atoms with Gasteiger partial charge in [0.2, 0.25) is 0 Å². The molecular weight excluding hydrogens is 386 g/mol. The van der Waals surface area contributed by atoms with Crippen molar-refractivity contribution in [3.63, 3.8) is 0 Å². The first-order chi connectivity index (χ1) is 15.3. The number of oxazole rings is 2.